The fourth-order valence-electron chi connectivity index (χ4n) is 1.78. The Kier molecular flexibility index (Phi) is 4.56. The van der Waals surface area contributed by atoms with Crippen LogP contribution in [0.5, 0.6) is 5.75 Å². The van der Waals surface area contributed by atoms with Crippen molar-refractivity contribution in [3.8, 4) is 5.75 Å². The molecule has 2 aromatic rings. The van der Waals surface area contributed by atoms with Crippen LogP contribution in [-0.4, -0.2) is 34.0 Å². The minimum absolute atomic E-state index is 0.215. The third-order valence-corrected chi connectivity index (χ3v) is 3.74. The first-order chi connectivity index (χ1) is 9.90. The van der Waals surface area contributed by atoms with Crippen LogP contribution in [0.15, 0.2) is 26.7 Å². The Balaban J connectivity index is 2.20. The average molecular weight is 310 g/mol. The van der Waals surface area contributed by atoms with Crippen molar-refractivity contribution >= 4 is 17.7 Å². The molecule has 0 spiro atoms. The van der Waals surface area contributed by atoms with Crippen molar-refractivity contribution in [1.29, 1.82) is 0 Å². The van der Waals surface area contributed by atoms with Crippen molar-refractivity contribution in [2.75, 3.05) is 19.0 Å². The van der Waals surface area contributed by atoms with Gasteiger partial charge in [-0.15, -0.1) is 10.2 Å². The van der Waals surface area contributed by atoms with Crippen LogP contribution in [0, 0.1) is 0 Å². The maximum absolute atomic E-state index is 11.4. The minimum Gasteiger partial charge on any atom is -0.502 e. The summed E-state index contributed by atoms with van der Waals surface area (Å²) < 4.78 is 7.19. The van der Waals surface area contributed by atoms with Gasteiger partial charge in [-0.2, -0.15) is 0 Å². The van der Waals surface area contributed by atoms with Gasteiger partial charge in [0.25, 0.3) is 0 Å². The molecular formula is C13H18N4O3S. The van der Waals surface area contributed by atoms with Crippen molar-refractivity contribution in [2.24, 2.45) is 0 Å². The molecule has 0 amide bonds. The minimum atomic E-state index is -0.448. The Labute approximate surface area is 126 Å². The van der Waals surface area contributed by atoms with Crippen LogP contribution in [0.4, 0.5) is 5.95 Å². The predicted molar refractivity (Wildman–Crippen MR) is 80.9 cm³/mol. The van der Waals surface area contributed by atoms with E-state index in [1.807, 2.05) is 23.6 Å². The highest BCUT2D eigenvalue weighted by atomic mass is 32.2. The summed E-state index contributed by atoms with van der Waals surface area (Å²) in [5.41, 5.74) is -0.448. The second-order valence-corrected chi connectivity index (χ2v) is 5.97. The van der Waals surface area contributed by atoms with E-state index in [-0.39, 0.29) is 11.8 Å². The summed E-state index contributed by atoms with van der Waals surface area (Å²) in [4.78, 5) is 13.3. The van der Waals surface area contributed by atoms with Gasteiger partial charge in [-0.1, -0.05) is 11.8 Å². The van der Waals surface area contributed by atoms with Crippen molar-refractivity contribution in [2.45, 2.75) is 30.8 Å². The van der Waals surface area contributed by atoms with E-state index in [2.05, 4.69) is 24.0 Å². The van der Waals surface area contributed by atoms with Gasteiger partial charge in [-0.25, -0.2) is 0 Å². The van der Waals surface area contributed by atoms with Crippen LogP contribution in [0.1, 0.15) is 25.6 Å². The van der Waals surface area contributed by atoms with Crippen molar-refractivity contribution in [3.05, 3.63) is 28.3 Å². The summed E-state index contributed by atoms with van der Waals surface area (Å²) in [6, 6.07) is 1.50. The molecular weight excluding hydrogens is 292 g/mol. The third-order valence-electron chi connectivity index (χ3n) is 2.77. The molecule has 0 saturated heterocycles. The molecule has 1 N–H and O–H groups in total. The number of hydrogen-bond acceptors (Lipinski definition) is 7. The Morgan fingerprint density at radius 1 is 1.43 bits per heavy atom. The van der Waals surface area contributed by atoms with Crippen LogP contribution in [-0.2, 0) is 5.75 Å². The quantitative estimate of drug-likeness (QED) is 0.844. The molecule has 2 heterocycles. The van der Waals surface area contributed by atoms with Gasteiger partial charge in [0.2, 0.25) is 11.4 Å². The highest BCUT2D eigenvalue weighted by Gasteiger charge is 2.17. The molecule has 8 heteroatoms. The lowest BCUT2D eigenvalue weighted by Gasteiger charge is -2.17. The van der Waals surface area contributed by atoms with E-state index in [0.29, 0.717) is 11.5 Å². The fourth-order valence-corrected chi connectivity index (χ4v) is 2.73. The van der Waals surface area contributed by atoms with Crippen LogP contribution in [0.25, 0.3) is 0 Å². The number of aromatic hydroxyl groups is 1. The molecule has 0 unspecified atom stereocenters. The van der Waals surface area contributed by atoms with Gasteiger partial charge in [0.1, 0.15) is 12.0 Å². The van der Waals surface area contributed by atoms with E-state index >= 15 is 0 Å². The Morgan fingerprint density at radius 3 is 2.71 bits per heavy atom. The van der Waals surface area contributed by atoms with Crippen molar-refractivity contribution in [3.63, 3.8) is 0 Å². The first-order valence-corrected chi connectivity index (χ1v) is 7.44. The van der Waals surface area contributed by atoms with E-state index in [0.717, 1.165) is 17.4 Å². The molecule has 0 radical (unpaired) electrons. The summed E-state index contributed by atoms with van der Waals surface area (Å²) in [7, 11) is 3.83. The van der Waals surface area contributed by atoms with Crippen molar-refractivity contribution < 1.29 is 9.52 Å². The lowest BCUT2D eigenvalue weighted by molar-refractivity contribution is 0.419. The SMILES string of the molecule is CC(C)n1c(SCc2cc(=O)c(O)co2)nnc1N(C)C. The second kappa shape index (κ2) is 6.21. The molecule has 0 aliphatic rings. The fraction of sp³-hybridized carbons (Fsp3) is 0.462. The molecule has 2 aromatic heterocycles. The first-order valence-electron chi connectivity index (χ1n) is 6.46. The maximum atomic E-state index is 11.4. The van der Waals surface area contributed by atoms with E-state index in [9.17, 15) is 4.79 Å². The zero-order chi connectivity index (χ0) is 15.6. The molecule has 0 bridgehead atoms. The molecule has 0 atom stereocenters. The summed E-state index contributed by atoms with van der Waals surface area (Å²) in [6.07, 6.45) is 1.05. The molecule has 0 saturated carbocycles. The first kappa shape index (κ1) is 15.4. The summed E-state index contributed by atoms with van der Waals surface area (Å²) in [5, 5.41) is 18.3. The van der Waals surface area contributed by atoms with Crippen LogP contribution >= 0.6 is 11.8 Å². The standard InChI is InChI=1S/C13H18N4O3S/c1-8(2)17-12(16(3)4)14-15-13(17)21-7-9-5-10(18)11(19)6-20-9/h5-6,8,19H,7H2,1-4H3. The highest BCUT2D eigenvalue weighted by molar-refractivity contribution is 7.98. The Morgan fingerprint density at radius 2 is 2.14 bits per heavy atom. The number of rotatable bonds is 5. The average Bonchev–Trinajstić information content (AvgIpc) is 2.84. The van der Waals surface area contributed by atoms with Gasteiger partial charge in [0, 0.05) is 26.2 Å². The van der Waals surface area contributed by atoms with Crippen molar-refractivity contribution in [1.82, 2.24) is 14.8 Å². The third kappa shape index (κ3) is 3.38. The lowest BCUT2D eigenvalue weighted by Crippen LogP contribution is -2.17. The van der Waals surface area contributed by atoms with E-state index in [1.54, 1.807) is 0 Å². The number of hydrogen-bond donors (Lipinski definition) is 1. The second-order valence-electron chi connectivity index (χ2n) is 5.03. The summed E-state index contributed by atoms with van der Waals surface area (Å²) in [6.45, 7) is 4.11. The van der Waals surface area contributed by atoms with Gasteiger partial charge in [0.05, 0.1) is 5.75 Å². The zero-order valence-electron chi connectivity index (χ0n) is 12.4. The summed E-state index contributed by atoms with van der Waals surface area (Å²) >= 11 is 1.43. The van der Waals surface area contributed by atoms with Crippen LogP contribution < -0.4 is 10.3 Å². The van der Waals surface area contributed by atoms with Gasteiger partial charge in [-0.3, -0.25) is 9.36 Å². The van der Waals surface area contributed by atoms with Gasteiger partial charge in [0.15, 0.2) is 10.9 Å². The zero-order valence-corrected chi connectivity index (χ0v) is 13.2. The van der Waals surface area contributed by atoms with Crippen LogP contribution in [0.2, 0.25) is 0 Å². The normalized spacial score (nSPS) is 11.1. The number of nitrogens with zero attached hydrogens (tertiary/aromatic N) is 4. The van der Waals surface area contributed by atoms with Gasteiger partial charge < -0.3 is 14.4 Å². The number of anilines is 1. The van der Waals surface area contributed by atoms with Gasteiger partial charge in [-0.05, 0) is 13.8 Å². The van der Waals surface area contributed by atoms with Crippen LogP contribution in [0.3, 0.4) is 0 Å². The summed E-state index contributed by atoms with van der Waals surface area (Å²) in [5.74, 6) is 1.31. The molecule has 0 aliphatic carbocycles. The molecule has 0 aliphatic heterocycles. The van der Waals surface area contributed by atoms with E-state index < -0.39 is 5.43 Å². The molecule has 0 aromatic carbocycles. The molecule has 0 fully saturated rings. The largest absolute Gasteiger partial charge is 0.502 e. The monoisotopic (exact) mass is 310 g/mol. The number of thioether (sulfide) groups is 1. The predicted octanol–water partition coefficient (Wildman–Crippen LogP) is 1.88. The van der Waals surface area contributed by atoms with E-state index in [1.165, 1.54) is 17.8 Å². The number of aromatic nitrogens is 3. The molecule has 114 valence electrons. The molecule has 7 nitrogen and oxygen atoms in total. The molecule has 2 rings (SSSR count). The van der Waals surface area contributed by atoms with E-state index in [4.69, 9.17) is 9.52 Å². The van der Waals surface area contributed by atoms with Gasteiger partial charge >= 0.3 is 0 Å². The topological polar surface area (TPSA) is 84.4 Å². The maximum Gasteiger partial charge on any atom is 0.227 e. The lowest BCUT2D eigenvalue weighted by atomic mass is 10.4. The Bertz CT molecular complexity index is 678. The highest BCUT2D eigenvalue weighted by Crippen LogP contribution is 2.27. The smallest absolute Gasteiger partial charge is 0.227 e. The Hall–Kier alpha value is -1.96. The molecule has 21 heavy (non-hydrogen) atoms.